The summed E-state index contributed by atoms with van der Waals surface area (Å²) in [7, 11) is 0. The van der Waals surface area contributed by atoms with E-state index in [1.54, 1.807) is 4.90 Å². The molecule has 0 bridgehead atoms. The van der Waals surface area contributed by atoms with Gasteiger partial charge >= 0.3 is 12.0 Å². The molecule has 2 aliphatic rings. The maximum atomic E-state index is 12.6. The maximum absolute atomic E-state index is 12.6. The lowest BCUT2D eigenvalue weighted by atomic mass is 10.1. The van der Waals surface area contributed by atoms with Gasteiger partial charge in [-0.15, -0.1) is 0 Å². The zero-order chi connectivity index (χ0) is 22.1. The Morgan fingerprint density at radius 1 is 1.06 bits per heavy atom. The summed E-state index contributed by atoms with van der Waals surface area (Å²) in [5, 5.41) is 12.9. The number of rotatable bonds is 4. The highest BCUT2D eigenvalue weighted by molar-refractivity contribution is 5.86. The normalized spacial score (nSPS) is 22.2. The largest absolute Gasteiger partial charge is 0.476 e. The summed E-state index contributed by atoms with van der Waals surface area (Å²) < 4.78 is 1.12. The van der Waals surface area contributed by atoms with Crippen LogP contribution >= 0.6 is 0 Å². The molecular formula is C23H31N5O3. The fraction of sp³-hybridized carbons (Fsp3) is 0.522. The van der Waals surface area contributed by atoms with Crippen molar-refractivity contribution in [3.05, 3.63) is 47.3 Å². The van der Waals surface area contributed by atoms with Crippen molar-refractivity contribution < 1.29 is 14.7 Å². The van der Waals surface area contributed by atoms with Gasteiger partial charge in [-0.1, -0.05) is 12.1 Å². The highest BCUT2D eigenvalue weighted by atomic mass is 16.4. The first-order valence-corrected chi connectivity index (χ1v) is 11.0. The molecule has 2 atom stereocenters. The third kappa shape index (κ3) is 4.44. The van der Waals surface area contributed by atoms with E-state index in [-0.39, 0.29) is 11.7 Å². The molecule has 0 unspecified atom stereocenters. The van der Waals surface area contributed by atoms with E-state index < -0.39 is 5.97 Å². The van der Waals surface area contributed by atoms with Crippen molar-refractivity contribution in [3.63, 3.8) is 0 Å². The monoisotopic (exact) mass is 425 g/mol. The van der Waals surface area contributed by atoms with Gasteiger partial charge in [-0.25, -0.2) is 9.59 Å². The quantitative estimate of drug-likeness (QED) is 0.811. The van der Waals surface area contributed by atoms with E-state index in [2.05, 4.69) is 53.9 Å². The van der Waals surface area contributed by atoms with Gasteiger partial charge < -0.3 is 14.9 Å². The molecule has 31 heavy (non-hydrogen) atoms. The standard InChI is InChI=1S/C23H31N5O3/c1-16-4-7-19(21(14-16)28-17(2)5-6-18(28)3)15-25-10-12-26(13-11-25)23(31)27-9-8-20(24-27)22(29)30/h4,7-9,14,17-18H,5-6,10-13,15H2,1-3H3,(H,29,30)/t17-,18+. The van der Waals surface area contributed by atoms with Crippen molar-refractivity contribution >= 4 is 17.7 Å². The second-order valence-corrected chi connectivity index (χ2v) is 8.81. The van der Waals surface area contributed by atoms with Crippen LogP contribution in [0.5, 0.6) is 0 Å². The van der Waals surface area contributed by atoms with Crippen LogP contribution in [0, 0.1) is 6.92 Å². The molecule has 0 spiro atoms. The van der Waals surface area contributed by atoms with Gasteiger partial charge in [-0.05, 0) is 56.9 Å². The van der Waals surface area contributed by atoms with E-state index >= 15 is 0 Å². The highest BCUT2D eigenvalue weighted by Crippen LogP contribution is 2.34. The molecule has 8 nitrogen and oxygen atoms in total. The smallest absolute Gasteiger partial charge is 0.356 e. The number of aromatic carboxylic acids is 1. The number of carbonyl (C=O) groups is 2. The lowest BCUT2D eigenvalue weighted by Crippen LogP contribution is -2.49. The first-order valence-electron chi connectivity index (χ1n) is 11.0. The van der Waals surface area contributed by atoms with Crippen LogP contribution in [0.3, 0.4) is 0 Å². The minimum absolute atomic E-state index is 0.121. The molecular weight excluding hydrogens is 394 g/mol. The van der Waals surface area contributed by atoms with E-state index in [9.17, 15) is 9.59 Å². The van der Waals surface area contributed by atoms with Crippen LogP contribution in [0.4, 0.5) is 10.5 Å². The van der Waals surface area contributed by atoms with Crippen LogP contribution in [0.15, 0.2) is 30.5 Å². The number of hydrogen-bond donors (Lipinski definition) is 1. The molecule has 2 saturated heterocycles. The summed E-state index contributed by atoms with van der Waals surface area (Å²) in [5.41, 5.74) is 3.84. The van der Waals surface area contributed by atoms with Gasteiger partial charge in [0.05, 0.1) is 0 Å². The van der Waals surface area contributed by atoms with Gasteiger partial charge in [-0.3, -0.25) is 4.90 Å². The fourth-order valence-corrected chi connectivity index (χ4v) is 4.75. The van der Waals surface area contributed by atoms with Crippen LogP contribution in [0.2, 0.25) is 0 Å². The molecule has 0 radical (unpaired) electrons. The number of carboxylic acids is 1. The molecule has 1 aromatic heterocycles. The summed E-state index contributed by atoms with van der Waals surface area (Å²) in [4.78, 5) is 30.3. The predicted octanol–water partition coefficient (Wildman–Crippen LogP) is 3.05. The van der Waals surface area contributed by atoms with Gasteiger partial charge in [0.1, 0.15) is 0 Å². The molecule has 2 aliphatic heterocycles. The van der Waals surface area contributed by atoms with Crippen molar-refractivity contribution in [1.82, 2.24) is 19.6 Å². The Labute approximate surface area is 183 Å². The number of carbonyl (C=O) groups excluding carboxylic acids is 1. The zero-order valence-corrected chi connectivity index (χ0v) is 18.5. The third-order valence-electron chi connectivity index (χ3n) is 6.51. The Morgan fingerprint density at radius 3 is 2.35 bits per heavy atom. The summed E-state index contributed by atoms with van der Waals surface area (Å²) >= 11 is 0. The number of carboxylic acid groups (broad SMARTS) is 1. The minimum Gasteiger partial charge on any atom is -0.476 e. The lowest BCUT2D eigenvalue weighted by Gasteiger charge is -2.36. The average molecular weight is 426 g/mol. The number of amides is 1. The summed E-state index contributed by atoms with van der Waals surface area (Å²) in [5.74, 6) is -1.13. The van der Waals surface area contributed by atoms with Crippen molar-refractivity contribution in [1.29, 1.82) is 0 Å². The number of nitrogens with zero attached hydrogens (tertiary/aromatic N) is 5. The second-order valence-electron chi connectivity index (χ2n) is 8.81. The van der Waals surface area contributed by atoms with Crippen LogP contribution in [0.1, 0.15) is 48.3 Å². The Hall–Kier alpha value is -2.87. The van der Waals surface area contributed by atoms with Crippen LogP contribution < -0.4 is 4.90 Å². The van der Waals surface area contributed by atoms with Gasteiger partial charge in [0, 0.05) is 56.7 Å². The van der Waals surface area contributed by atoms with Gasteiger partial charge in [0.2, 0.25) is 0 Å². The third-order valence-corrected chi connectivity index (χ3v) is 6.51. The SMILES string of the molecule is Cc1ccc(CN2CCN(C(=O)n3ccc(C(=O)O)n3)CC2)c(N2[C@H](C)CC[C@@H]2C)c1. The molecule has 0 saturated carbocycles. The Kier molecular flexibility index (Phi) is 6.00. The van der Waals surface area contributed by atoms with Gasteiger partial charge in [0.25, 0.3) is 0 Å². The van der Waals surface area contributed by atoms with Crippen LogP contribution in [0.25, 0.3) is 0 Å². The van der Waals surface area contributed by atoms with Crippen molar-refractivity contribution in [2.24, 2.45) is 0 Å². The van der Waals surface area contributed by atoms with Crippen molar-refractivity contribution in [2.45, 2.75) is 52.2 Å². The summed E-state index contributed by atoms with van der Waals surface area (Å²) in [6.45, 7) is 10.4. The lowest BCUT2D eigenvalue weighted by molar-refractivity contribution is 0.0689. The Morgan fingerprint density at radius 2 is 1.74 bits per heavy atom. The molecule has 3 heterocycles. The topological polar surface area (TPSA) is 81.9 Å². The molecule has 2 fully saturated rings. The van der Waals surface area contributed by atoms with E-state index in [0.29, 0.717) is 25.2 Å². The molecule has 4 rings (SSSR count). The molecule has 8 heteroatoms. The Bertz CT molecular complexity index is 954. The predicted molar refractivity (Wildman–Crippen MR) is 119 cm³/mol. The van der Waals surface area contributed by atoms with Crippen LogP contribution in [-0.2, 0) is 6.54 Å². The van der Waals surface area contributed by atoms with Gasteiger partial charge in [-0.2, -0.15) is 9.78 Å². The van der Waals surface area contributed by atoms with Crippen molar-refractivity contribution in [3.8, 4) is 0 Å². The maximum Gasteiger partial charge on any atom is 0.356 e. The summed E-state index contributed by atoms with van der Waals surface area (Å²) in [6, 6.07) is 8.91. The molecule has 1 N–H and O–H groups in total. The number of aryl methyl sites for hydroxylation is 1. The van der Waals surface area contributed by atoms with Crippen LogP contribution in [-0.4, -0.2) is 74.9 Å². The highest BCUT2D eigenvalue weighted by Gasteiger charge is 2.30. The fourth-order valence-electron chi connectivity index (χ4n) is 4.75. The number of piperazine rings is 1. The molecule has 1 aromatic carbocycles. The van der Waals surface area contributed by atoms with E-state index in [1.807, 2.05) is 0 Å². The second kappa shape index (κ2) is 8.70. The summed E-state index contributed by atoms with van der Waals surface area (Å²) in [6.07, 6.45) is 3.87. The van der Waals surface area contributed by atoms with E-state index in [0.717, 1.165) is 24.3 Å². The van der Waals surface area contributed by atoms with E-state index in [1.165, 1.54) is 41.9 Å². The average Bonchev–Trinajstić information content (AvgIpc) is 3.37. The van der Waals surface area contributed by atoms with E-state index in [4.69, 9.17) is 5.11 Å². The first kappa shape index (κ1) is 21.4. The number of anilines is 1. The molecule has 1 amide bonds. The first-order chi connectivity index (χ1) is 14.8. The van der Waals surface area contributed by atoms with Crippen molar-refractivity contribution in [2.75, 3.05) is 31.1 Å². The molecule has 0 aliphatic carbocycles. The zero-order valence-electron chi connectivity index (χ0n) is 18.5. The number of hydrogen-bond acceptors (Lipinski definition) is 5. The molecule has 166 valence electrons. The molecule has 2 aromatic rings. The minimum atomic E-state index is -1.13. The number of benzene rings is 1. The number of aromatic nitrogens is 2. The Balaban J connectivity index is 1.41. The van der Waals surface area contributed by atoms with Gasteiger partial charge in [0.15, 0.2) is 5.69 Å².